The van der Waals surface area contributed by atoms with Crippen LogP contribution in [0.5, 0.6) is 0 Å². The molecule has 3 aromatic carbocycles. The highest BCUT2D eigenvalue weighted by molar-refractivity contribution is 6.13. The Morgan fingerprint density at radius 3 is 2.23 bits per heavy atom. The lowest BCUT2D eigenvalue weighted by Gasteiger charge is -2.22. The highest BCUT2D eigenvalue weighted by atomic mass is 19.1. The van der Waals surface area contributed by atoms with Crippen LogP contribution in [-0.4, -0.2) is 0 Å². The monoisotopic (exact) mass is 468 g/mol. The molecule has 1 aliphatic rings. The Labute approximate surface area is 203 Å². The molecule has 2 heterocycles. The summed E-state index contributed by atoms with van der Waals surface area (Å²) in [5, 5.41) is 1.75. The number of nitrogens with zero attached hydrogens (tertiary/aromatic N) is 1. The van der Waals surface area contributed by atoms with Gasteiger partial charge < -0.3 is 4.42 Å². The third-order valence-electron chi connectivity index (χ3n) is 7.61. The first-order valence-electron chi connectivity index (χ1n) is 12.4. The molecular weight excluding hydrogens is 440 g/mol. The van der Waals surface area contributed by atoms with E-state index in [0.29, 0.717) is 28.3 Å². The Kier molecular flexibility index (Phi) is 5.40. The molecule has 0 atom stereocenters. The number of pyridine rings is 1. The maximum Gasteiger partial charge on any atom is 0.219 e. The van der Waals surface area contributed by atoms with E-state index in [2.05, 4.69) is 12.1 Å². The largest absolute Gasteiger partial charge is 0.454 e. The average molecular weight is 469 g/mol. The number of furan rings is 1. The van der Waals surface area contributed by atoms with Crippen molar-refractivity contribution in [3.8, 4) is 22.4 Å². The smallest absolute Gasteiger partial charge is 0.219 e. The molecule has 1 aliphatic carbocycles. The SMILES string of the molecule is Cc1ccc2c(oc3c(-c4ccc(C5CCCCC5)cc4)c(F)ccc32)c1-c1cc(F)cc[n+]1C. The minimum atomic E-state index is -0.310. The second-order valence-electron chi connectivity index (χ2n) is 9.83. The average Bonchev–Trinajstić information content (AvgIpc) is 3.24. The zero-order valence-electron chi connectivity index (χ0n) is 20.1. The second-order valence-corrected chi connectivity index (χ2v) is 9.83. The van der Waals surface area contributed by atoms with Gasteiger partial charge in [0.15, 0.2) is 6.20 Å². The molecule has 2 nitrogen and oxygen atoms in total. The van der Waals surface area contributed by atoms with Gasteiger partial charge in [-0.1, -0.05) is 55.7 Å². The lowest BCUT2D eigenvalue weighted by molar-refractivity contribution is -0.660. The Balaban J connectivity index is 1.55. The van der Waals surface area contributed by atoms with Crippen LogP contribution in [0.25, 0.3) is 44.3 Å². The Hall–Kier alpha value is -3.53. The molecule has 176 valence electrons. The van der Waals surface area contributed by atoms with E-state index in [1.54, 1.807) is 12.3 Å². The Bertz CT molecular complexity index is 1560. The van der Waals surface area contributed by atoms with Crippen molar-refractivity contribution < 1.29 is 17.8 Å². The Morgan fingerprint density at radius 1 is 0.800 bits per heavy atom. The van der Waals surface area contributed by atoms with Crippen LogP contribution in [0.2, 0.25) is 0 Å². The molecule has 0 spiro atoms. The van der Waals surface area contributed by atoms with Crippen LogP contribution < -0.4 is 4.57 Å². The van der Waals surface area contributed by atoms with E-state index >= 15 is 4.39 Å². The number of halogens is 2. The summed E-state index contributed by atoms with van der Waals surface area (Å²) in [5.41, 5.74) is 6.29. The van der Waals surface area contributed by atoms with Gasteiger partial charge in [0, 0.05) is 22.9 Å². The number of aromatic nitrogens is 1. The zero-order valence-corrected chi connectivity index (χ0v) is 20.1. The summed E-state index contributed by atoms with van der Waals surface area (Å²) >= 11 is 0. The number of hydrogen-bond acceptors (Lipinski definition) is 1. The number of fused-ring (bicyclic) bond motifs is 3. The lowest BCUT2D eigenvalue weighted by atomic mass is 9.83. The van der Waals surface area contributed by atoms with E-state index in [-0.39, 0.29) is 11.6 Å². The van der Waals surface area contributed by atoms with Crippen molar-refractivity contribution in [3.63, 3.8) is 0 Å². The summed E-state index contributed by atoms with van der Waals surface area (Å²) in [6, 6.07) is 18.6. The third kappa shape index (κ3) is 3.72. The molecule has 0 unspecified atom stereocenters. The van der Waals surface area contributed by atoms with E-state index < -0.39 is 0 Å². The maximum absolute atomic E-state index is 15.3. The molecule has 5 aromatic rings. The van der Waals surface area contributed by atoms with E-state index in [9.17, 15) is 4.39 Å². The van der Waals surface area contributed by atoms with Gasteiger partial charge in [0.25, 0.3) is 0 Å². The van der Waals surface area contributed by atoms with Gasteiger partial charge in [-0.15, -0.1) is 0 Å². The van der Waals surface area contributed by atoms with Gasteiger partial charge in [-0.05, 0) is 54.5 Å². The highest BCUT2D eigenvalue weighted by Crippen LogP contribution is 2.42. The van der Waals surface area contributed by atoms with Crippen LogP contribution in [0, 0.1) is 18.6 Å². The van der Waals surface area contributed by atoms with Gasteiger partial charge in [-0.25, -0.2) is 13.3 Å². The molecule has 0 bridgehead atoms. The minimum absolute atomic E-state index is 0.309. The van der Waals surface area contributed by atoms with Crippen molar-refractivity contribution in [2.75, 3.05) is 0 Å². The summed E-state index contributed by atoms with van der Waals surface area (Å²) in [7, 11) is 1.88. The standard InChI is InChI=1S/C31H28F2NO/c1-19-8-13-24-25-14-15-26(33)29(22-11-9-21(10-12-22)20-6-4-3-5-7-20)31(25)35-30(24)28(19)27-18-23(32)16-17-34(27)2/h8-18,20H,3-7H2,1-2H3/q+1. The molecule has 0 aliphatic heterocycles. The van der Waals surface area contributed by atoms with Crippen LogP contribution >= 0.6 is 0 Å². The number of benzene rings is 3. The van der Waals surface area contributed by atoms with Gasteiger partial charge >= 0.3 is 0 Å². The molecular formula is C31H28F2NO+. The maximum atomic E-state index is 15.3. The van der Waals surface area contributed by atoms with Crippen molar-refractivity contribution >= 4 is 21.9 Å². The first-order chi connectivity index (χ1) is 17.0. The summed E-state index contributed by atoms with van der Waals surface area (Å²) < 4.78 is 37.8. The molecule has 0 amide bonds. The summed E-state index contributed by atoms with van der Waals surface area (Å²) in [4.78, 5) is 0. The quantitative estimate of drug-likeness (QED) is 0.243. The van der Waals surface area contributed by atoms with Gasteiger partial charge in [0.2, 0.25) is 5.69 Å². The molecule has 2 aromatic heterocycles. The van der Waals surface area contributed by atoms with Crippen LogP contribution in [0.15, 0.2) is 71.3 Å². The summed E-state index contributed by atoms with van der Waals surface area (Å²) in [6.45, 7) is 1.98. The Morgan fingerprint density at radius 2 is 1.49 bits per heavy atom. The predicted molar refractivity (Wildman–Crippen MR) is 136 cm³/mol. The van der Waals surface area contributed by atoms with E-state index in [0.717, 1.165) is 27.5 Å². The molecule has 0 N–H and O–H groups in total. The molecule has 4 heteroatoms. The topological polar surface area (TPSA) is 17.0 Å². The predicted octanol–water partition coefficient (Wildman–Crippen LogP) is 8.38. The van der Waals surface area contributed by atoms with Gasteiger partial charge in [0.1, 0.15) is 29.8 Å². The minimum Gasteiger partial charge on any atom is -0.454 e. The number of hydrogen-bond donors (Lipinski definition) is 0. The molecule has 0 saturated heterocycles. The molecule has 1 fully saturated rings. The first kappa shape index (κ1) is 22.0. The highest BCUT2D eigenvalue weighted by Gasteiger charge is 2.24. The fourth-order valence-corrected chi connectivity index (χ4v) is 5.72. The zero-order chi connectivity index (χ0) is 24.1. The van der Waals surface area contributed by atoms with E-state index in [1.165, 1.54) is 55.9 Å². The normalized spacial score (nSPS) is 14.7. The van der Waals surface area contributed by atoms with Crippen LogP contribution in [0.1, 0.15) is 49.1 Å². The van der Waals surface area contributed by atoms with Gasteiger partial charge in [-0.2, -0.15) is 0 Å². The fraction of sp³-hybridized carbons (Fsp3) is 0.258. The van der Waals surface area contributed by atoms with Gasteiger partial charge in [0.05, 0.1) is 11.1 Å². The van der Waals surface area contributed by atoms with Crippen LogP contribution in [0.4, 0.5) is 8.78 Å². The van der Waals surface area contributed by atoms with Crippen molar-refractivity contribution in [2.24, 2.45) is 7.05 Å². The lowest BCUT2D eigenvalue weighted by Crippen LogP contribution is -2.30. The number of rotatable bonds is 3. The molecule has 35 heavy (non-hydrogen) atoms. The van der Waals surface area contributed by atoms with Gasteiger partial charge in [-0.3, -0.25) is 0 Å². The van der Waals surface area contributed by atoms with E-state index in [4.69, 9.17) is 4.42 Å². The summed E-state index contributed by atoms with van der Waals surface area (Å²) in [6.07, 6.45) is 8.04. The van der Waals surface area contributed by atoms with Crippen molar-refractivity contribution in [2.45, 2.75) is 44.9 Å². The first-order valence-corrected chi connectivity index (χ1v) is 12.4. The molecule has 1 saturated carbocycles. The number of aryl methyl sites for hydroxylation is 2. The van der Waals surface area contributed by atoms with Crippen molar-refractivity contribution in [1.82, 2.24) is 0 Å². The summed E-state index contributed by atoms with van der Waals surface area (Å²) in [5.74, 6) is -0.0193. The van der Waals surface area contributed by atoms with Crippen molar-refractivity contribution in [1.29, 1.82) is 0 Å². The van der Waals surface area contributed by atoms with Crippen LogP contribution in [0.3, 0.4) is 0 Å². The van der Waals surface area contributed by atoms with E-state index in [1.807, 2.05) is 42.8 Å². The van der Waals surface area contributed by atoms with Crippen LogP contribution in [-0.2, 0) is 7.05 Å². The third-order valence-corrected chi connectivity index (χ3v) is 7.61. The van der Waals surface area contributed by atoms with Crippen molar-refractivity contribution in [3.05, 3.63) is 89.6 Å². The fourth-order valence-electron chi connectivity index (χ4n) is 5.72. The second kappa shape index (κ2) is 8.60. The molecule has 0 radical (unpaired) electrons. The molecule has 6 rings (SSSR count).